The van der Waals surface area contributed by atoms with Crippen LogP contribution in [0.5, 0.6) is 0 Å². The number of benzene rings is 1. The van der Waals surface area contributed by atoms with E-state index in [4.69, 9.17) is 16.3 Å². The molecule has 0 fully saturated rings. The monoisotopic (exact) mass is 273 g/mol. The van der Waals surface area contributed by atoms with Gasteiger partial charge in [-0.1, -0.05) is 31.5 Å². The topological polar surface area (TPSA) is 21.3 Å². The minimum atomic E-state index is -0.253. The van der Waals surface area contributed by atoms with Crippen molar-refractivity contribution in [1.82, 2.24) is 5.32 Å². The van der Waals surface area contributed by atoms with Crippen LogP contribution in [-0.2, 0) is 11.2 Å². The molecule has 4 heteroatoms. The summed E-state index contributed by atoms with van der Waals surface area (Å²) in [5.74, 6) is -0.253. The second-order valence-electron chi connectivity index (χ2n) is 4.25. The number of nitrogens with one attached hydrogen (secondary N) is 1. The number of methoxy groups -OCH3 is 1. The van der Waals surface area contributed by atoms with E-state index in [1.54, 1.807) is 19.2 Å². The van der Waals surface area contributed by atoms with Crippen molar-refractivity contribution in [2.45, 2.75) is 38.8 Å². The van der Waals surface area contributed by atoms with Gasteiger partial charge in [-0.3, -0.25) is 0 Å². The van der Waals surface area contributed by atoms with Gasteiger partial charge in [-0.25, -0.2) is 4.39 Å². The van der Waals surface area contributed by atoms with Crippen molar-refractivity contribution < 1.29 is 9.13 Å². The van der Waals surface area contributed by atoms with Crippen LogP contribution in [0, 0.1) is 5.82 Å². The molecule has 102 valence electrons. The predicted molar refractivity (Wildman–Crippen MR) is 73.7 cm³/mol. The summed E-state index contributed by atoms with van der Waals surface area (Å²) in [6, 6.07) is 4.85. The summed E-state index contributed by atoms with van der Waals surface area (Å²) in [6.07, 6.45) is 1.46. The van der Waals surface area contributed by atoms with Gasteiger partial charge in [0.25, 0.3) is 0 Å². The molecule has 1 aromatic carbocycles. The molecular weight excluding hydrogens is 253 g/mol. The van der Waals surface area contributed by atoms with Crippen molar-refractivity contribution in [2.75, 3.05) is 13.7 Å². The average Bonchev–Trinajstić information content (AvgIpc) is 2.35. The molecule has 1 N–H and O–H groups in total. The minimum Gasteiger partial charge on any atom is -0.380 e. The number of rotatable bonds is 7. The second kappa shape index (κ2) is 7.72. The molecule has 1 aromatic rings. The Morgan fingerprint density at radius 1 is 1.39 bits per heavy atom. The van der Waals surface area contributed by atoms with E-state index in [0.717, 1.165) is 13.0 Å². The third kappa shape index (κ3) is 3.94. The fourth-order valence-electron chi connectivity index (χ4n) is 2.16. The van der Waals surface area contributed by atoms with Crippen LogP contribution in [0.15, 0.2) is 18.2 Å². The van der Waals surface area contributed by atoms with Gasteiger partial charge in [0.15, 0.2) is 0 Å². The lowest BCUT2D eigenvalue weighted by Crippen LogP contribution is -2.42. The summed E-state index contributed by atoms with van der Waals surface area (Å²) in [6.45, 7) is 4.90. The second-order valence-corrected chi connectivity index (χ2v) is 4.66. The van der Waals surface area contributed by atoms with Gasteiger partial charge in [0, 0.05) is 23.7 Å². The van der Waals surface area contributed by atoms with Crippen LogP contribution in [0.1, 0.15) is 25.8 Å². The summed E-state index contributed by atoms with van der Waals surface area (Å²) >= 11 is 6.06. The SMILES string of the molecule is CCNC(Cc1c(F)cccc1Cl)C(CC)OC. The fourth-order valence-corrected chi connectivity index (χ4v) is 2.40. The van der Waals surface area contributed by atoms with Gasteiger partial charge in [0.2, 0.25) is 0 Å². The summed E-state index contributed by atoms with van der Waals surface area (Å²) in [4.78, 5) is 0. The van der Waals surface area contributed by atoms with Gasteiger partial charge < -0.3 is 10.1 Å². The van der Waals surface area contributed by atoms with E-state index in [1.807, 2.05) is 6.92 Å². The third-order valence-electron chi connectivity index (χ3n) is 3.11. The fraction of sp³-hybridized carbons (Fsp3) is 0.571. The maximum absolute atomic E-state index is 13.8. The summed E-state index contributed by atoms with van der Waals surface area (Å²) < 4.78 is 19.2. The molecule has 1 rings (SSSR count). The van der Waals surface area contributed by atoms with E-state index in [2.05, 4.69) is 12.2 Å². The average molecular weight is 274 g/mol. The van der Waals surface area contributed by atoms with Crippen LogP contribution in [0.25, 0.3) is 0 Å². The predicted octanol–water partition coefficient (Wildman–Crippen LogP) is 3.42. The molecule has 0 aliphatic heterocycles. The van der Waals surface area contributed by atoms with Crippen LogP contribution in [-0.4, -0.2) is 25.8 Å². The first-order valence-corrected chi connectivity index (χ1v) is 6.70. The van der Waals surface area contributed by atoms with Crippen LogP contribution >= 0.6 is 11.6 Å². The zero-order chi connectivity index (χ0) is 13.5. The number of likely N-dealkylation sites (N-methyl/N-ethyl adjacent to an activating group) is 1. The highest BCUT2D eigenvalue weighted by Gasteiger charge is 2.21. The van der Waals surface area contributed by atoms with Gasteiger partial charge in [0.05, 0.1) is 6.10 Å². The highest BCUT2D eigenvalue weighted by atomic mass is 35.5. The summed E-state index contributed by atoms with van der Waals surface area (Å²) in [5, 5.41) is 3.81. The lowest BCUT2D eigenvalue weighted by Gasteiger charge is -2.26. The zero-order valence-corrected chi connectivity index (χ0v) is 11.9. The van der Waals surface area contributed by atoms with Gasteiger partial charge in [-0.2, -0.15) is 0 Å². The van der Waals surface area contributed by atoms with Gasteiger partial charge in [-0.05, 0) is 31.5 Å². The number of hydrogen-bond acceptors (Lipinski definition) is 2. The van der Waals surface area contributed by atoms with Crippen molar-refractivity contribution in [2.24, 2.45) is 0 Å². The highest BCUT2D eigenvalue weighted by Crippen LogP contribution is 2.22. The van der Waals surface area contributed by atoms with Gasteiger partial charge >= 0.3 is 0 Å². The minimum absolute atomic E-state index is 0.0561. The number of ether oxygens (including phenoxy) is 1. The molecule has 0 heterocycles. The Balaban J connectivity index is 2.89. The Labute approximate surface area is 113 Å². The number of hydrogen-bond donors (Lipinski definition) is 1. The Kier molecular flexibility index (Phi) is 6.61. The lowest BCUT2D eigenvalue weighted by molar-refractivity contribution is 0.0656. The van der Waals surface area contributed by atoms with Crippen molar-refractivity contribution in [1.29, 1.82) is 0 Å². The Bertz CT molecular complexity index is 349. The van der Waals surface area contributed by atoms with Crippen molar-refractivity contribution in [3.63, 3.8) is 0 Å². The molecular formula is C14H21ClFNO. The van der Waals surface area contributed by atoms with Crippen molar-refractivity contribution in [3.8, 4) is 0 Å². The van der Waals surface area contributed by atoms with E-state index >= 15 is 0 Å². The smallest absolute Gasteiger partial charge is 0.127 e. The van der Waals surface area contributed by atoms with Crippen LogP contribution < -0.4 is 5.32 Å². The first-order valence-electron chi connectivity index (χ1n) is 6.33. The molecule has 0 amide bonds. The molecule has 0 bridgehead atoms. The normalized spacial score (nSPS) is 14.5. The summed E-state index contributed by atoms with van der Waals surface area (Å²) in [5.41, 5.74) is 0.556. The zero-order valence-electron chi connectivity index (χ0n) is 11.2. The maximum Gasteiger partial charge on any atom is 0.127 e. The van der Waals surface area contributed by atoms with Crippen molar-refractivity contribution >= 4 is 11.6 Å². The molecule has 0 radical (unpaired) electrons. The Hall–Kier alpha value is -0.640. The Morgan fingerprint density at radius 3 is 2.61 bits per heavy atom. The molecule has 2 unspecified atom stereocenters. The van der Waals surface area contributed by atoms with Crippen molar-refractivity contribution in [3.05, 3.63) is 34.6 Å². The molecule has 0 aliphatic carbocycles. The molecule has 0 spiro atoms. The molecule has 18 heavy (non-hydrogen) atoms. The number of halogens is 2. The summed E-state index contributed by atoms with van der Waals surface area (Å²) in [7, 11) is 1.68. The quantitative estimate of drug-likeness (QED) is 0.822. The largest absolute Gasteiger partial charge is 0.380 e. The van der Waals surface area contributed by atoms with Crippen LogP contribution in [0.4, 0.5) is 4.39 Å². The van der Waals surface area contributed by atoms with Gasteiger partial charge in [0.1, 0.15) is 5.82 Å². The van der Waals surface area contributed by atoms with E-state index < -0.39 is 0 Å². The molecule has 0 aliphatic rings. The molecule has 0 saturated heterocycles. The molecule has 0 saturated carbocycles. The molecule has 2 atom stereocenters. The molecule has 0 aromatic heterocycles. The third-order valence-corrected chi connectivity index (χ3v) is 3.46. The maximum atomic E-state index is 13.8. The first-order chi connectivity index (χ1) is 8.63. The van der Waals surface area contributed by atoms with E-state index in [0.29, 0.717) is 17.0 Å². The van der Waals surface area contributed by atoms with Crippen LogP contribution in [0.3, 0.4) is 0 Å². The van der Waals surface area contributed by atoms with E-state index in [1.165, 1.54) is 6.07 Å². The first kappa shape index (κ1) is 15.4. The lowest BCUT2D eigenvalue weighted by atomic mass is 9.99. The van der Waals surface area contributed by atoms with Crippen LogP contribution in [0.2, 0.25) is 5.02 Å². The van der Waals surface area contributed by atoms with E-state index in [-0.39, 0.29) is 18.0 Å². The standard InChI is InChI=1S/C14H21ClFNO/c1-4-14(18-3)13(17-5-2)9-10-11(15)7-6-8-12(10)16/h6-8,13-14,17H,4-5,9H2,1-3H3. The Morgan fingerprint density at radius 2 is 2.11 bits per heavy atom. The highest BCUT2D eigenvalue weighted by molar-refractivity contribution is 6.31. The van der Waals surface area contributed by atoms with E-state index in [9.17, 15) is 4.39 Å². The molecule has 2 nitrogen and oxygen atoms in total. The van der Waals surface area contributed by atoms with Gasteiger partial charge in [-0.15, -0.1) is 0 Å².